The summed E-state index contributed by atoms with van der Waals surface area (Å²) >= 11 is 6.42. The van der Waals surface area contributed by atoms with E-state index in [2.05, 4.69) is 37.4 Å². The highest BCUT2D eigenvalue weighted by Crippen LogP contribution is 2.21. The number of nitrogens with zero attached hydrogens (tertiary/aromatic N) is 4. The number of H-pyrrole nitrogens is 1. The van der Waals surface area contributed by atoms with Crippen LogP contribution in [0.3, 0.4) is 0 Å². The SMILES string of the molecule is CC(=O)N(Cc1ccccc1Cl)C[C@@H](Cc1c[nH]c2ccccc12)NC(=O)CN1CCN(N2CCCCC2)CC1. The molecule has 9 heteroatoms. The van der Waals surface area contributed by atoms with Crippen molar-refractivity contribution in [1.82, 2.24) is 30.1 Å². The van der Waals surface area contributed by atoms with E-state index in [1.54, 1.807) is 11.8 Å². The van der Waals surface area contributed by atoms with E-state index in [4.69, 9.17) is 11.6 Å². The minimum atomic E-state index is -0.243. The molecule has 0 saturated carbocycles. The maximum absolute atomic E-state index is 13.4. The number of hydrogen-bond donors (Lipinski definition) is 2. The number of piperazine rings is 1. The second-order valence-corrected chi connectivity index (χ2v) is 11.5. The summed E-state index contributed by atoms with van der Waals surface area (Å²) in [6.07, 6.45) is 6.50. The van der Waals surface area contributed by atoms with Crippen molar-refractivity contribution in [3.8, 4) is 0 Å². The number of benzene rings is 2. The van der Waals surface area contributed by atoms with E-state index in [1.165, 1.54) is 19.3 Å². The van der Waals surface area contributed by atoms with Crippen LogP contribution in [0.4, 0.5) is 0 Å². The van der Waals surface area contributed by atoms with Crippen LogP contribution in [-0.2, 0) is 22.6 Å². The van der Waals surface area contributed by atoms with Crippen LogP contribution in [0.25, 0.3) is 10.9 Å². The van der Waals surface area contributed by atoms with Crippen LogP contribution < -0.4 is 5.32 Å². The van der Waals surface area contributed by atoms with Crippen molar-refractivity contribution >= 4 is 34.3 Å². The number of nitrogens with one attached hydrogen (secondary N) is 2. The largest absolute Gasteiger partial charge is 0.361 e. The first-order valence-corrected chi connectivity index (χ1v) is 14.9. The van der Waals surface area contributed by atoms with Crippen LogP contribution in [0.1, 0.15) is 37.3 Å². The number of hydrogen-bond acceptors (Lipinski definition) is 5. The third kappa shape index (κ3) is 7.43. The Morgan fingerprint density at radius 3 is 2.38 bits per heavy atom. The van der Waals surface area contributed by atoms with Crippen molar-refractivity contribution < 1.29 is 9.59 Å². The highest BCUT2D eigenvalue weighted by Gasteiger charge is 2.26. The molecular weight excluding hydrogens is 524 g/mol. The molecule has 2 aliphatic heterocycles. The van der Waals surface area contributed by atoms with Crippen LogP contribution in [0.5, 0.6) is 0 Å². The van der Waals surface area contributed by atoms with Gasteiger partial charge in [-0.1, -0.05) is 54.4 Å². The number of fused-ring (bicyclic) bond motifs is 1. The molecule has 2 N–H and O–H groups in total. The summed E-state index contributed by atoms with van der Waals surface area (Å²) in [6, 6.07) is 15.5. The van der Waals surface area contributed by atoms with Crippen molar-refractivity contribution in [2.45, 2.75) is 45.2 Å². The number of amides is 2. The highest BCUT2D eigenvalue weighted by atomic mass is 35.5. The quantitative estimate of drug-likeness (QED) is 0.390. The first-order chi connectivity index (χ1) is 19.5. The maximum atomic E-state index is 13.4. The van der Waals surface area contributed by atoms with Crippen molar-refractivity contribution in [3.63, 3.8) is 0 Å². The molecule has 1 atom stereocenters. The third-order valence-electron chi connectivity index (χ3n) is 8.16. The third-order valence-corrected chi connectivity index (χ3v) is 8.53. The molecule has 2 aromatic carbocycles. The zero-order valence-corrected chi connectivity index (χ0v) is 24.2. The van der Waals surface area contributed by atoms with Gasteiger partial charge in [0.25, 0.3) is 0 Å². The van der Waals surface area contributed by atoms with E-state index < -0.39 is 0 Å². The summed E-state index contributed by atoms with van der Waals surface area (Å²) in [5, 5.41) is 10.0. The number of carbonyl (C=O) groups excluding carboxylic acids is 2. The molecule has 40 heavy (non-hydrogen) atoms. The number of halogens is 1. The number of carbonyl (C=O) groups is 2. The lowest BCUT2D eigenvalue weighted by Crippen LogP contribution is -2.56. The van der Waals surface area contributed by atoms with Gasteiger partial charge in [-0.25, -0.2) is 10.0 Å². The van der Waals surface area contributed by atoms with Crippen molar-refractivity contribution in [2.75, 3.05) is 52.4 Å². The van der Waals surface area contributed by atoms with E-state index >= 15 is 0 Å². The molecule has 8 nitrogen and oxygen atoms in total. The topological polar surface area (TPSA) is 74.9 Å². The van der Waals surface area contributed by atoms with Gasteiger partial charge < -0.3 is 15.2 Å². The fourth-order valence-corrected chi connectivity index (χ4v) is 6.14. The van der Waals surface area contributed by atoms with E-state index in [-0.39, 0.29) is 17.9 Å². The van der Waals surface area contributed by atoms with Crippen LogP contribution in [0.2, 0.25) is 5.02 Å². The Labute approximate surface area is 242 Å². The molecule has 5 rings (SSSR count). The first kappa shape index (κ1) is 28.6. The number of piperidine rings is 1. The Bertz CT molecular complexity index is 1280. The molecule has 2 saturated heterocycles. The summed E-state index contributed by atoms with van der Waals surface area (Å²) in [6.45, 7) is 8.71. The molecule has 3 aromatic rings. The molecule has 2 amide bonds. The molecule has 214 valence electrons. The van der Waals surface area contributed by atoms with Crippen LogP contribution in [-0.4, -0.2) is 95.0 Å². The fraction of sp³-hybridized carbons (Fsp3) is 0.484. The van der Waals surface area contributed by atoms with Gasteiger partial charge in [-0.2, -0.15) is 0 Å². The fourth-order valence-electron chi connectivity index (χ4n) is 5.94. The Kier molecular flexibility index (Phi) is 9.75. The van der Waals surface area contributed by atoms with Gasteiger partial charge in [-0.05, 0) is 42.5 Å². The lowest BCUT2D eigenvalue weighted by atomic mass is 10.0. The predicted octanol–water partition coefficient (Wildman–Crippen LogP) is 3.92. The zero-order chi connectivity index (χ0) is 27.9. The first-order valence-electron chi connectivity index (χ1n) is 14.5. The van der Waals surface area contributed by atoms with E-state index in [9.17, 15) is 9.59 Å². The van der Waals surface area contributed by atoms with Crippen molar-refractivity contribution in [2.24, 2.45) is 0 Å². The second kappa shape index (κ2) is 13.6. The molecular formula is C31H41ClN6O2. The number of aromatic amines is 1. The van der Waals surface area contributed by atoms with Crippen LogP contribution >= 0.6 is 11.6 Å². The molecule has 2 fully saturated rings. The Hall–Kier alpha value is -2.91. The van der Waals surface area contributed by atoms with E-state index in [0.29, 0.717) is 31.1 Å². The van der Waals surface area contributed by atoms with Gasteiger partial charge in [0.05, 0.1) is 12.6 Å². The van der Waals surface area contributed by atoms with Crippen molar-refractivity contribution in [3.05, 3.63) is 70.9 Å². The van der Waals surface area contributed by atoms with Gasteiger partial charge in [0.15, 0.2) is 0 Å². The smallest absolute Gasteiger partial charge is 0.234 e. The standard InChI is InChI=1S/C31H41ClN6O2/c1-24(39)36(21-25-9-3-5-11-29(25)32)22-27(19-26-20-33-30-12-6-4-10-28(26)30)34-31(40)23-35-15-17-38(18-16-35)37-13-7-2-8-14-37/h3-6,9-12,20,27,33H,2,7-8,13-19,21-23H2,1H3,(H,34,40)/t27-/m1/s1. The lowest BCUT2D eigenvalue weighted by molar-refractivity contribution is -0.131. The van der Waals surface area contributed by atoms with Gasteiger partial charge >= 0.3 is 0 Å². The molecule has 0 bridgehead atoms. The molecule has 2 aliphatic rings. The molecule has 0 aliphatic carbocycles. The molecule has 0 unspecified atom stereocenters. The lowest BCUT2D eigenvalue weighted by Gasteiger charge is -2.42. The molecule has 0 radical (unpaired) electrons. The number of aromatic nitrogens is 1. The molecule has 3 heterocycles. The maximum Gasteiger partial charge on any atom is 0.234 e. The van der Waals surface area contributed by atoms with E-state index in [1.807, 2.05) is 42.6 Å². The van der Waals surface area contributed by atoms with Gasteiger partial charge in [-0.15, -0.1) is 0 Å². The molecule has 1 aromatic heterocycles. The Morgan fingerprint density at radius 2 is 1.62 bits per heavy atom. The second-order valence-electron chi connectivity index (χ2n) is 11.1. The zero-order valence-electron chi connectivity index (χ0n) is 23.4. The number of para-hydroxylation sites is 1. The van der Waals surface area contributed by atoms with Gasteiger partial charge in [-0.3, -0.25) is 14.5 Å². The summed E-state index contributed by atoms with van der Waals surface area (Å²) in [7, 11) is 0. The highest BCUT2D eigenvalue weighted by molar-refractivity contribution is 6.31. The Balaban J connectivity index is 1.24. The van der Waals surface area contributed by atoms with Gasteiger partial charge in [0, 0.05) is 81.4 Å². The van der Waals surface area contributed by atoms with Gasteiger partial charge in [0.1, 0.15) is 0 Å². The van der Waals surface area contributed by atoms with Crippen molar-refractivity contribution in [1.29, 1.82) is 0 Å². The summed E-state index contributed by atoms with van der Waals surface area (Å²) in [5.74, 6) is -0.0514. The summed E-state index contributed by atoms with van der Waals surface area (Å²) in [5.41, 5.74) is 3.08. The average Bonchev–Trinajstić information content (AvgIpc) is 3.37. The average molecular weight is 565 g/mol. The minimum Gasteiger partial charge on any atom is -0.361 e. The normalized spacial score (nSPS) is 18.1. The Morgan fingerprint density at radius 1 is 0.925 bits per heavy atom. The monoisotopic (exact) mass is 564 g/mol. The molecule has 0 spiro atoms. The summed E-state index contributed by atoms with van der Waals surface area (Å²) in [4.78, 5) is 33.4. The minimum absolute atomic E-state index is 0.00231. The number of hydrazine groups is 1. The van der Waals surface area contributed by atoms with E-state index in [0.717, 1.165) is 61.3 Å². The number of rotatable bonds is 10. The predicted molar refractivity (Wildman–Crippen MR) is 160 cm³/mol. The van der Waals surface area contributed by atoms with Gasteiger partial charge in [0.2, 0.25) is 11.8 Å². The van der Waals surface area contributed by atoms with Crippen LogP contribution in [0, 0.1) is 0 Å². The summed E-state index contributed by atoms with van der Waals surface area (Å²) < 4.78 is 0. The van der Waals surface area contributed by atoms with Crippen LogP contribution in [0.15, 0.2) is 54.7 Å².